The van der Waals surface area contributed by atoms with Crippen LogP contribution in [-0.2, 0) is 9.59 Å². The number of piperidine rings is 1. The number of likely N-dealkylation sites (N-methyl/N-ethyl adjacent to an activating group) is 1. The second-order valence-corrected chi connectivity index (χ2v) is 9.68. The van der Waals surface area contributed by atoms with Crippen molar-refractivity contribution in [2.24, 2.45) is 5.41 Å². The van der Waals surface area contributed by atoms with E-state index in [1.165, 1.54) is 0 Å². The topological polar surface area (TPSA) is 72.5 Å². The number of benzene rings is 2. The maximum Gasteiger partial charge on any atom is 0.229 e. The molecular formula is C25H29Cl2N2O3-. The predicted octanol–water partition coefficient (Wildman–Crippen LogP) is 4.19. The lowest BCUT2D eigenvalue weighted by atomic mass is 9.67. The highest BCUT2D eigenvalue weighted by Crippen LogP contribution is 2.52. The molecule has 1 N–H and O–H groups in total. The van der Waals surface area contributed by atoms with Crippen LogP contribution in [0.5, 0.6) is 0 Å². The van der Waals surface area contributed by atoms with E-state index in [0.717, 1.165) is 17.5 Å². The van der Waals surface area contributed by atoms with Gasteiger partial charge >= 0.3 is 0 Å². The summed E-state index contributed by atoms with van der Waals surface area (Å²) in [7, 11) is 1.85. The summed E-state index contributed by atoms with van der Waals surface area (Å²) in [6, 6.07) is 14.7. The lowest BCUT2D eigenvalue weighted by molar-refractivity contribution is -0.308. The van der Waals surface area contributed by atoms with Crippen molar-refractivity contribution < 1.29 is 14.7 Å². The minimum absolute atomic E-state index is 0.115. The third-order valence-electron chi connectivity index (χ3n) is 6.43. The quantitative estimate of drug-likeness (QED) is 0.620. The van der Waals surface area contributed by atoms with Crippen molar-refractivity contribution in [2.75, 3.05) is 13.6 Å². The number of nitrogens with zero attached hydrogens (tertiary/aromatic N) is 1. The first kappa shape index (κ1) is 24.6. The zero-order valence-electron chi connectivity index (χ0n) is 18.6. The molecule has 1 fully saturated rings. The van der Waals surface area contributed by atoms with Crippen molar-refractivity contribution in [3.63, 3.8) is 0 Å². The molecule has 1 aliphatic rings. The number of halogens is 2. The fraction of sp³-hybridized carbons (Fsp3) is 0.440. The van der Waals surface area contributed by atoms with Crippen molar-refractivity contribution in [3.05, 3.63) is 69.7 Å². The summed E-state index contributed by atoms with van der Waals surface area (Å²) in [6.45, 7) is 4.36. The summed E-state index contributed by atoms with van der Waals surface area (Å²) < 4.78 is 0. The summed E-state index contributed by atoms with van der Waals surface area (Å²) in [5, 5.41) is 16.0. The van der Waals surface area contributed by atoms with E-state index in [4.69, 9.17) is 23.2 Å². The number of carboxylic acids is 1. The third-order valence-corrected chi connectivity index (χ3v) is 6.92. The van der Waals surface area contributed by atoms with Gasteiger partial charge in [-0.05, 0) is 55.3 Å². The molecule has 0 aliphatic carbocycles. The van der Waals surface area contributed by atoms with Crippen molar-refractivity contribution in [1.29, 1.82) is 0 Å². The molecule has 172 valence electrons. The maximum absolute atomic E-state index is 13.9. The molecule has 0 aromatic heterocycles. The van der Waals surface area contributed by atoms with Crippen molar-refractivity contribution >= 4 is 35.1 Å². The molecule has 1 heterocycles. The number of nitrogens with one attached hydrogen (secondary N) is 1. The first-order chi connectivity index (χ1) is 15.2. The molecule has 3 rings (SSSR count). The summed E-state index contributed by atoms with van der Waals surface area (Å²) in [5.41, 5.74) is 0.840. The number of carbonyl (C=O) groups excluding carboxylic acids is 2. The predicted molar refractivity (Wildman–Crippen MR) is 126 cm³/mol. The number of rotatable bonds is 8. The number of likely N-dealkylation sites (tertiary alicyclic amines) is 1. The molecule has 0 spiro atoms. The molecule has 1 aliphatic heterocycles. The zero-order valence-corrected chi connectivity index (χ0v) is 20.1. The van der Waals surface area contributed by atoms with Crippen LogP contribution in [0, 0.1) is 5.41 Å². The van der Waals surface area contributed by atoms with E-state index in [2.05, 4.69) is 5.32 Å². The van der Waals surface area contributed by atoms with Gasteiger partial charge in [0.2, 0.25) is 5.91 Å². The van der Waals surface area contributed by atoms with Crippen LogP contribution >= 0.6 is 23.2 Å². The summed E-state index contributed by atoms with van der Waals surface area (Å²) in [4.78, 5) is 27.4. The average molecular weight is 476 g/mol. The van der Waals surface area contributed by atoms with Crippen molar-refractivity contribution in [1.82, 2.24) is 10.2 Å². The van der Waals surface area contributed by atoms with Gasteiger partial charge in [0.1, 0.15) is 0 Å². The van der Waals surface area contributed by atoms with Crippen LogP contribution in [0.15, 0.2) is 48.5 Å². The smallest absolute Gasteiger partial charge is 0.229 e. The van der Waals surface area contributed by atoms with E-state index >= 15 is 0 Å². The maximum atomic E-state index is 13.9. The Labute approximate surface area is 199 Å². The highest BCUT2D eigenvalue weighted by atomic mass is 35.5. The number of carboxylic acid groups (broad SMARTS) is 1. The Morgan fingerprint density at radius 2 is 1.88 bits per heavy atom. The minimum Gasteiger partial charge on any atom is -0.550 e. The van der Waals surface area contributed by atoms with Gasteiger partial charge in [0.15, 0.2) is 0 Å². The van der Waals surface area contributed by atoms with Gasteiger partial charge in [-0.15, -0.1) is 0 Å². The molecule has 0 bridgehead atoms. The molecular weight excluding hydrogens is 447 g/mol. The number of amides is 1. The fourth-order valence-electron chi connectivity index (χ4n) is 4.94. The van der Waals surface area contributed by atoms with E-state index in [9.17, 15) is 14.7 Å². The van der Waals surface area contributed by atoms with Crippen LogP contribution < -0.4 is 10.4 Å². The number of hydrogen-bond acceptors (Lipinski definition) is 4. The summed E-state index contributed by atoms with van der Waals surface area (Å²) >= 11 is 12.5. The number of aliphatic carboxylic acids is 1. The molecule has 0 saturated carbocycles. The monoisotopic (exact) mass is 475 g/mol. The molecule has 32 heavy (non-hydrogen) atoms. The molecule has 2 aromatic carbocycles. The largest absolute Gasteiger partial charge is 0.550 e. The van der Waals surface area contributed by atoms with Gasteiger partial charge in [0, 0.05) is 40.9 Å². The van der Waals surface area contributed by atoms with Crippen LogP contribution in [0.25, 0.3) is 0 Å². The molecule has 2 aromatic rings. The Balaban J connectivity index is 2.22. The van der Waals surface area contributed by atoms with Gasteiger partial charge < -0.3 is 20.1 Å². The van der Waals surface area contributed by atoms with Gasteiger partial charge in [-0.1, -0.05) is 61.3 Å². The molecule has 7 heteroatoms. The van der Waals surface area contributed by atoms with E-state index < -0.39 is 11.4 Å². The van der Waals surface area contributed by atoms with Crippen LogP contribution in [0.1, 0.15) is 56.2 Å². The molecule has 0 radical (unpaired) electrons. The summed E-state index contributed by atoms with van der Waals surface area (Å²) in [6.07, 6.45) is 0.767. The van der Waals surface area contributed by atoms with Crippen LogP contribution in [0.2, 0.25) is 10.0 Å². The highest BCUT2D eigenvalue weighted by Gasteiger charge is 2.51. The lowest BCUT2D eigenvalue weighted by Crippen LogP contribution is -2.58. The molecule has 0 unspecified atom stereocenters. The molecule has 1 amide bonds. The lowest BCUT2D eigenvalue weighted by Gasteiger charge is -2.52. The van der Waals surface area contributed by atoms with E-state index in [-0.39, 0.29) is 30.3 Å². The van der Waals surface area contributed by atoms with Gasteiger partial charge in [-0.3, -0.25) is 4.79 Å². The molecule has 5 nitrogen and oxygen atoms in total. The van der Waals surface area contributed by atoms with Gasteiger partial charge in [0.05, 0.1) is 11.5 Å². The standard InChI is InChI=1S/C25H30Cl2N2O3/c1-4-20(15-28-3)29-23(16-8-10-18(26)11-9-16)21(17-6-5-7-19(27)12-17)13-25(2,24(29)32)14-22(30)31/h5-12,20-21,23,28H,4,13-15H2,1-3H3,(H,30,31)/p-1/t20-,21+,23+,25+/m0/s1. The SMILES string of the molecule is CC[C@@H](CNC)N1C(=O)[C@@](C)(CC(=O)[O-])C[C@H](c2cccc(Cl)c2)[C@H]1c1ccc(Cl)cc1. The Hall–Kier alpha value is -2.08. The van der Waals surface area contributed by atoms with Crippen LogP contribution in [-0.4, -0.2) is 36.4 Å². The zero-order chi connectivity index (χ0) is 23.5. The normalized spacial score (nSPS) is 24.4. The van der Waals surface area contributed by atoms with Gasteiger partial charge in [-0.25, -0.2) is 0 Å². The average Bonchev–Trinajstić information content (AvgIpc) is 2.74. The minimum atomic E-state index is -1.22. The molecule has 1 saturated heterocycles. The highest BCUT2D eigenvalue weighted by molar-refractivity contribution is 6.30. The Bertz CT molecular complexity index is 966. The van der Waals surface area contributed by atoms with Gasteiger partial charge in [-0.2, -0.15) is 0 Å². The van der Waals surface area contributed by atoms with Crippen LogP contribution in [0.3, 0.4) is 0 Å². The van der Waals surface area contributed by atoms with Crippen molar-refractivity contribution in [3.8, 4) is 0 Å². The summed E-state index contributed by atoms with van der Waals surface area (Å²) in [5.74, 6) is -1.54. The number of carbonyl (C=O) groups is 2. The first-order valence-corrected chi connectivity index (χ1v) is 11.6. The van der Waals surface area contributed by atoms with Crippen molar-refractivity contribution in [2.45, 2.75) is 51.1 Å². The third kappa shape index (κ3) is 5.11. The first-order valence-electron chi connectivity index (χ1n) is 10.9. The van der Waals surface area contributed by atoms with Gasteiger partial charge in [0.25, 0.3) is 0 Å². The Kier molecular flexibility index (Phi) is 7.86. The number of hydrogen-bond donors (Lipinski definition) is 1. The van der Waals surface area contributed by atoms with E-state index in [1.54, 1.807) is 6.92 Å². The Morgan fingerprint density at radius 1 is 1.19 bits per heavy atom. The molecule has 4 atom stereocenters. The van der Waals surface area contributed by atoms with E-state index in [1.807, 2.05) is 67.4 Å². The second-order valence-electron chi connectivity index (χ2n) is 8.80. The second kappa shape index (κ2) is 10.2. The fourth-order valence-corrected chi connectivity index (χ4v) is 5.27. The van der Waals surface area contributed by atoms with E-state index in [0.29, 0.717) is 23.0 Å². The Morgan fingerprint density at radius 3 is 2.44 bits per heavy atom. The van der Waals surface area contributed by atoms with Crippen LogP contribution in [0.4, 0.5) is 0 Å².